The summed E-state index contributed by atoms with van der Waals surface area (Å²) in [5, 5.41) is 9.59. The van der Waals surface area contributed by atoms with Gasteiger partial charge in [0.25, 0.3) is 15.7 Å². The van der Waals surface area contributed by atoms with Crippen LogP contribution in [-0.4, -0.2) is 41.7 Å². The largest absolute Gasteiger partial charge is 0.365 e. The van der Waals surface area contributed by atoms with Crippen molar-refractivity contribution in [1.29, 1.82) is 0 Å². The van der Waals surface area contributed by atoms with E-state index in [1.54, 1.807) is 0 Å². The van der Waals surface area contributed by atoms with E-state index in [2.05, 4.69) is 9.17 Å². The molecule has 2 heterocycles. The first-order valence-electron chi connectivity index (χ1n) is 5.89. The summed E-state index contributed by atoms with van der Waals surface area (Å²) >= 11 is 0. The quantitative estimate of drug-likeness (QED) is 0.397. The van der Waals surface area contributed by atoms with E-state index in [4.69, 9.17) is 4.74 Å². The van der Waals surface area contributed by atoms with Gasteiger partial charge in [0.15, 0.2) is 6.23 Å². The molecule has 0 spiro atoms. The first-order valence-corrected chi connectivity index (χ1v) is 7.71. The van der Waals surface area contributed by atoms with Crippen LogP contribution in [0.25, 0.3) is 0 Å². The molecule has 3 atom stereocenters. The number of aromatic amines is 1. The smallest absolute Gasteiger partial charge is 0.330 e. The lowest BCUT2D eigenvalue weighted by molar-refractivity contribution is -0.124. The number of H-pyrrole nitrogens is 1. The number of hydrogen-bond donors (Lipinski definition) is 2. The second kappa shape index (κ2) is 5.56. The van der Waals surface area contributed by atoms with Gasteiger partial charge in [0.2, 0.25) is 6.29 Å². The van der Waals surface area contributed by atoms with Crippen molar-refractivity contribution >= 4 is 10.1 Å². The number of aryl methyl sites for hydroxylation is 1. The SMILES string of the molecule is Cc1cn([C@H]2C=C[C@@H](C(O)OS(C)(=O)=O)O2)c(=O)[nH]c1=O. The Hall–Kier alpha value is -1.75. The molecule has 0 bridgehead atoms. The van der Waals surface area contributed by atoms with Gasteiger partial charge in [-0.1, -0.05) is 6.08 Å². The van der Waals surface area contributed by atoms with Gasteiger partial charge >= 0.3 is 5.69 Å². The van der Waals surface area contributed by atoms with Crippen molar-refractivity contribution in [1.82, 2.24) is 9.55 Å². The summed E-state index contributed by atoms with van der Waals surface area (Å²) in [6, 6.07) is 0. The van der Waals surface area contributed by atoms with Gasteiger partial charge in [-0.2, -0.15) is 8.42 Å². The molecule has 0 radical (unpaired) electrons. The van der Waals surface area contributed by atoms with Gasteiger partial charge in [0, 0.05) is 11.8 Å². The molecule has 1 aromatic rings. The minimum Gasteiger partial charge on any atom is -0.365 e. The summed E-state index contributed by atoms with van der Waals surface area (Å²) in [5.74, 6) is 0. The molecule has 1 aromatic heterocycles. The average molecular weight is 318 g/mol. The summed E-state index contributed by atoms with van der Waals surface area (Å²) in [7, 11) is -3.84. The Morgan fingerprint density at radius 2 is 2.10 bits per heavy atom. The van der Waals surface area contributed by atoms with Gasteiger partial charge in [0.1, 0.15) is 6.10 Å². The molecular weight excluding hydrogens is 304 g/mol. The van der Waals surface area contributed by atoms with Gasteiger partial charge in [0.05, 0.1) is 6.26 Å². The van der Waals surface area contributed by atoms with E-state index in [0.717, 1.165) is 10.8 Å². The van der Waals surface area contributed by atoms with Crippen LogP contribution in [0.4, 0.5) is 0 Å². The van der Waals surface area contributed by atoms with Crippen molar-refractivity contribution in [2.24, 2.45) is 0 Å². The molecule has 10 heteroatoms. The Balaban J connectivity index is 2.17. The molecule has 116 valence electrons. The Kier molecular flexibility index (Phi) is 4.14. The maximum atomic E-state index is 11.7. The number of nitrogens with one attached hydrogen (secondary N) is 1. The van der Waals surface area contributed by atoms with Crippen molar-refractivity contribution in [3.63, 3.8) is 0 Å². The molecule has 1 unspecified atom stereocenters. The zero-order valence-corrected chi connectivity index (χ0v) is 12.0. The number of ether oxygens (including phenoxy) is 1. The Bertz CT molecular complexity index is 776. The van der Waals surface area contributed by atoms with Crippen LogP contribution < -0.4 is 11.2 Å². The van der Waals surface area contributed by atoms with E-state index in [0.29, 0.717) is 5.56 Å². The molecule has 0 aromatic carbocycles. The van der Waals surface area contributed by atoms with Crippen LogP contribution in [0.5, 0.6) is 0 Å². The van der Waals surface area contributed by atoms with Crippen LogP contribution in [0.1, 0.15) is 11.8 Å². The molecule has 2 N–H and O–H groups in total. The lowest BCUT2D eigenvalue weighted by Gasteiger charge is -2.19. The number of hydrogen-bond acceptors (Lipinski definition) is 7. The molecule has 9 nitrogen and oxygen atoms in total. The monoisotopic (exact) mass is 318 g/mol. The number of rotatable bonds is 4. The van der Waals surface area contributed by atoms with Crippen molar-refractivity contribution < 1.29 is 22.4 Å². The lowest BCUT2D eigenvalue weighted by atomic mass is 10.3. The summed E-state index contributed by atoms with van der Waals surface area (Å²) in [6.07, 6.45) is 1.26. The van der Waals surface area contributed by atoms with Gasteiger partial charge in [-0.05, 0) is 13.0 Å². The molecule has 0 aliphatic carbocycles. The van der Waals surface area contributed by atoms with Crippen LogP contribution in [-0.2, 0) is 19.0 Å². The summed E-state index contributed by atoms with van der Waals surface area (Å²) in [6.45, 7) is 1.52. The van der Waals surface area contributed by atoms with Crippen molar-refractivity contribution in [2.75, 3.05) is 6.26 Å². The van der Waals surface area contributed by atoms with E-state index >= 15 is 0 Å². The molecule has 1 aliphatic heterocycles. The minimum absolute atomic E-state index is 0.308. The van der Waals surface area contributed by atoms with Crippen LogP contribution in [0.3, 0.4) is 0 Å². The van der Waals surface area contributed by atoms with Crippen molar-refractivity contribution in [3.05, 3.63) is 44.8 Å². The fraction of sp³-hybridized carbons (Fsp3) is 0.455. The van der Waals surface area contributed by atoms with E-state index in [9.17, 15) is 23.1 Å². The zero-order chi connectivity index (χ0) is 15.8. The highest BCUT2D eigenvalue weighted by atomic mass is 32.2. The second-order valence-corrected chi connectivity index (χ2v) is 6.15. The predicted octanol–water partition coefficient (Wildman–Crippen LogP) is -1.41. The van der Waals surface area contributed by atoms with Crippen LogP contribution in [0.15, 0.2) is 27.9 Å². The van der Waals surface area contributed by atoms with Crippen LogP contribution in [0, 0.1) is 6.92 Å². The maximum Gasteiger partial charge on any atom is 0.330 e. The first-order chi connectivity index (χ1) is 9.67. The standard InChI is InChI=1S/C11H14N2O7S/c1-6-5-13(11(16)12-9(6)14)8-4-3-7(19-8)10(15)20-21(2,17)18/h3-5,7-8,10,15H,1-2H3,(H,12,14,16)/t7-,8+,10?/m0/s1. The van der Waals surface area contributed by atoms with Gasteiger partial charge in [-0.15, -0.1) is 0 Å². The van der Waals surface area contributed by atoms with Gasteiger partial charge < -0.3 is 9.84 Å². The lowest BCUT2D eigenvalue weighted by Crippen LogP contribution is -2.35. The fourth-order valence-electron chi connectivity index (χ4n) is 1.79. The molecule has 0 saturated heterocycles. The molecule has 0 saturated carbocycles. The summed E-state index contributed by atoms with van der Waals surface area (Å²) in [4.78, 5) is 25.1. The van der Waals surface area contributed by atoms with Crippen molar-refractivity contribution in [3.8, 4) is 0 Å². The third-order valence-electron chi connectivity index (χ3n) is 2.74. The number of aromatic nitrogens is 2. The van der Waals surface area contributed by atoms with E-state index in [-0.39, 0.29) is 0 Å². The van der Waals surface area contributed by atoms with Crippen LogP contribution >= 0.6 is 0 Å². The number of nitrogens with zero attached hydrogens (tertiary/aromatic N) is 1. The zero-order valence-electron chi connectivity index (χ0n) is 11.2. The molecule has 1 aliphatic rings. The first kappa shape index (κ1) is 15.6. The van der Waals surface area contributed by atoms with Gasteiger partial charge in [-0.3, -0.25) is 14.3 Å². The predicted molar refractivity (Wildman–Crippen MR) is 71.0 cm³/mol. The fourth-order valence-corrected chi connectivity index (χ4v) is 2.25. The second-order valence-electron chi connectivity index (χ2n) is 4.55. The summed E-state index contributed by atoms with van der Waals surface area (Å²) < 4.78 is 32.7. The Morgan fingerprint density at radius 1 is 1.43 bits per heavy atom. The third-order valence-corrected chi connectivity index (χ3v) is 3.28. The maximum absolute atomic E-state index is 11.7. The topological polar surface area (TPSA) is 128 Å². The molecule has 0 fully saturated rings. The molecule has 0 amide bonds. The molecular formula is C11H14N2O7S. The van der Waals surface area contributed by atoms with Crippen molar-refractivity contribution in [2.45, 2.75) is 25.5 Å². The highest BCUT2D eigenvalue weighted by molar-refractivity contribution is 7.86. The number of aliphatic hydroxyl groups excluding tert-OH is 1. The summed E-state index contributed by atoms with van der Waals surface area (Å²) in [5.41, 5.74) is -0.877. The van der Waals surface area contributed by atoms with E-state index in [1.807, 2.05) is 0 Å². The molecule has 2 rings (SSSR count). The van der Waals surface area contributed by atoms with Crippen LogP contribution in [0.2, 0.25) is 0 Å². The van der Waals surface area contributed by atoms with Gasteiger partial charge in [-0.25, -0.2) is 8.98 Å². The highest BCUT2D eigenvalue weighted by Crippen LogP contribution is 2.22. The molecule has 21 heavy (non-hydrogen) atoms. The highest BCUT2D eigenvalue weighted by Gasteiger charge is 2.30. The number of aliphatic hydroxyl groups is 1. The Morgan fingerprint density at radius 3 is 2.71 bits per heavy atom. The normalized spacial score (nSPS) is 23.4. The third kappa shape index (κ3) is 3.67. The van der Waals surface area contributed by atoms with E-state index < -0.39 is 40.0 Å². The minimum atomic E-state index is -3.84. The average Bonchev–Trinajstić information content (AvgIpc) is 2.81. The Labute approximate surface area is 119 Å². The van der Waals surface area contributed by atoms with E-state index in [1.165, 1.54) is 25.3 Å².